The highest BCUT2D eigenvalue weighted by Crippen LogP contribution is 2.44. The summed E-state index contributed by atoms with van der Waals surface area (Å²) in [5, 5.41) is 31.3. The first-order valence-corrected chi connectivity index (χ1v) is 10.3. The second-order valence-electron chi connectivity index (χ2n) is 7.64. The summed E-state index contributed by atoms with van der Waals surface area (Å²) in [6.45, 7) is -0.0179. The monoisotopic (exact) mass is 447 g/mol. The molecular weight excluding hydrogens is 423 g/mol. The number of hydrogen-bond donors (Lipinski definition) is 3. The average molecular weight is 447 g/mol. The van der Waals surface area contributed by atoms with Gasteiger partial charge in [-0.05, 0) is 24.6 Å². The minimum atomic E-state index is -4.98. The van der Waals surface area contributed by atoms with Crippen LogP contribution in [0.15, 0.2) is 42.0 Å². The normalized spacial score (nSPS) is 16.3. The average Bonchev–Trinajstić information content (AvgIpc) is 2.79. The predicted molar refractivity (Wildman–Crippen MR) is 115 cm³/mol. The number of hydrogen-bond acceptors (Lipinski definition) is 5. The number of carbonyl (C=O) groups is 1. The van der Waals surface area contributed by atoms with Gasteiger partial charge in [0.2, 0.25) is 0 Å². The first-order valence-electron chi connectivity index (χ1n) is 10.3. The summed E-state index contributed by atoms with van der Waals surface area (Å²) in [4.78, 5) is 14.4. The Kier molecular flexibility index (Phi) is 7.38. The number of nitrogens with one attached hydrogen (secondary N) is 1. The van der Waals surface area contributed by atoms with Crippen LogP contribution in [-0.4, -0.2) is 54.6 Å². The third kappa shape index (κ3) is 5.03. The zero-order chi connectivity index (χ0) is 23.3. The van der Waals surface area contributed by atoms with Gasteiger partial charge in [-0.1, -0.05) is 36.4 Å². The van der Waals surface area contributed by atoms with Gasteiger partial charge in [0, 0.05) is 30.6 Å². The lowest BCUT2D eigenvalue weighted by Crippen LogP contribution is -2.36. The second-order valence-corrected chi connectivity index (χ2v) is 7.64. The molecule has 32 heavy (non-hydrogen) atoms. The van der Waals surface area contributed by atoms with Crippen LogP contribution >= 0.6 is 0 Å². The SMILES string of the molecule is N#C/C(C(=O)NCC(O)CO)=C(\c1ccc2ccccc2c1N1CCCCC1)C(F)(F)F. The topological polar surface area (TPSA) is 96.6 Å². The molecule has 1 heterocycles. The number of rotatable bonds is 6. The molecule has 1 atom stereocenters. The van der Waals surface area contributed by atoms with Gasteiger partial charge in [0.25, 0.3) is 5.91 Å². The molecule has 0 bridgehead atoms. The third-order valence-electron chi connectivity index (χ3n) is 5.42. The van der Waals surface area contributed by atoms with E-state index in [4.69, 9.17) is 5.11 Å². The van der Waals surface area contributed by atoms with E-state index in [1.54, 1.807) is 30.3 Å². The Morgan fingerprint density at radius 3 is 2.47 bits per heavy atom. The van der Waals surface area contributed by atoms with Crippen molar-refractivity contribution in [1.82, 2.24) is 5.32 Å². The minimum Gasteiger partial charge on any atom is -0.394 e. The van der Waals surface area contributed by atoms with Gasteiger partial charge in [0.15, 0.2) is 0 Å². The number of aliphatic hydroxyl groups is 2. The number of halogens is 3. The summed E-state index contributed by atoms with van der Waals surface area (Å²) >= 11 is 0. The van der Waals surface area contributed by atoms with E-state index in [0.29, 0.717) is 24.2 Å². The number of aliphatic hydroxyl groups excluding tert-OH is 2. The maximum absolute atomic E-state index is 14.3. The summed E-state index contributed by atoms with van der Waals surface area (Å²) in [5.74, 6) is -1.26. The van der Waals surface area contributed by atoms with Crippen LogP contribution < -0.4 is 10.2 Å². The molecule has 9 heteroatoms. The number of allylic oxidation sites excluding steroid dienone is 1. The molecule has 0 aromatic heterocycles. The van der Waals surface area contributed by atoms with Crippen molar-refractivity contribution in [2.75, 3.05) is 31.1 Å². The molecule has 1 aliphatic heterocycles. The molecule has 0 spiro atoms. The molecule has 3 N–H and O–H groups in total. The van der Waals surface area contributed by atoms with Gasteiger partial charge in [-0.3, -0.25) is 4.79 Å². The largest absolute Gasteiger partial charge is 0.418 e. The van der Waals surface area contributed by atoms with E-state index in [1.807, 2.05) is 4.90 Å². The van der Waals surface area contributed by atoms with E-state index in [9.17, 15) is 28.3 Å². The molecule has 3 rings (SSSR count). The van der Waals surface area contributed by atoms with Crippen molar-refractivity contribution in [3.63, 3.8) is 0 Å². The zero-order valence-electron chi connectivity index (χ0n) is 17.3. The Bertz CT molecular complexity index is 1050. The van der Waals surface area contributed by atoms with Gasteiger partial charge in [0.05, 0.1) is 24.0 Å². The van der Waals surface area contributed by atoms with Gasteiger partial charge in [-0.25, -0.2) is 0 Å². The minimum absolute atomic E-state index is 0.229. The van der Waals surface area contributed by atoms with E-state index in [-0.39, 0.29) is 5.56 Å². The van der Waals surface area contributed by atoms with Crippen LogP contribution in [0.3, 0.4) is 0 Å². The molecule has 2 aromatic rings. The van der Waals surface area contributed by atoms with E-state index >= 15 is 0 Å². The summed E-state index contributed by atoms with van der Waals surface area (Å²) in [7, 11) is 0. The fraction of sp³-hybridized carbons (Fsp3) is 0.391. The molecular formula is C23H24F3N3O3. The summed E-state index contributed by atoms with van der Waals surface area (Å²) in [5.41, 5.74) is -2.28. The molecule has 2 aromatic carbocycles. The van der Waals surface area contributed by atoms with Crippen LogP contribution in [-0.2, 0) is 4.79 Å². The molecule has 6 nitrogen and oxygen atoms in total. The number of alkyl halides is 3. The number of fused-ring (bicyclic) bond motifs is 1. The van der Waals surface area contributed by atoms with Crippen molar-refractivity contribution in [1.29, 1.82) is 5.26 Å². The summed E-state index contributed by atoms with van der Waals surface area (Å²) in [6.07, 6.45) is -3.68. The van der Waals surface area contributed by atoms with Crippen molar-refractivity contribution in [2.24, 2.45) is 0 Å². The van der Waals surface area contributed by atoms with Gasteiger partial charge in [-0.2, -0.15) is 18.4 Å². The van der Waals surface area contributed by atoms with Gasteiger partial charge in [0.1, 0.15) is 11.6 Å². The highest BCUT2D eigenvalue weighted by Gasteiger charge is 2.41. The van der Waals surface area contributed by atoms with Gasteiger partial charge in [-0.15, -0.1) is 0 Å². The smallest absolute Gasteiger partial charge is 0.394 e. The number of nitriles is 1. The van der Waals surface area contributed by atoms with E-state index in [0.717, 1.165) is 24.6 Å². The second kappa shape index (κ2) is 10.0. The molecule has 1 saturated heterocycles. The molecule has 170 valence electrons. The Morgan fingerprint density at radius 1 is 1.16 bits per heavy atom. The Hall–Kier alpha value is -3.09. The van der Waals surface area contributed by atoms with Crippen LogP contribution in [0.25, 0.3) is 16.3 Å². The van der Waals surface area contributed by atoms with Crippen LogP contribution in [0.5, 0.6) is 0 Å². The fourth-order valence-electron chi connectivity index (χ4n) is 3.93. The Balaban J connectivity index is 2.24. The fourth-order valence-corrected chi connectivity index (χ4v) is 3.93. The van der Waals surface area contributed by atoms with Gasteiger partial charge >= 0.3 is 6.18 Å². The van der Waals surface area contributed by atoms with Crippen LogP contribution in [0.1, 0.15) is 24.8 Å². The number of benzene rings is 2. The van der Waals surface area contributed by atoms with Crippen molar-refractivity contribution in [3.05, 3.63) is 47.5 Å². The molecule has 1 amide bonds. The van der Waals surface area contributed by atoms with E-state index < -0.39 is 42.5 Å². The Morgan fingerprint density at radius 2 is 1.84 bits per heavy atom. The molecule has 1 unspecified atom stereocenters. The summed E-state index contributed by atoms with van der Waals surface area (Å²) in [6, 6.07) is 11.3. The number of piperidine rings is 1. The highest BCUT2D eigenvalue weighted by molar-refractivity contribution is 6.09. The van der Waals surface area contributed by atoms with Crippen molar-refractivity contribution >= 4 is 27.9 Å². The van der Waals surface area contributed by atoms with Crippen molar-refractivity contribution < 1.29 is 28.2 Å². The third-order valence-corrected chi connectivity index (χ3v) is 5.42. The van der Waals surface area contributed by atoms with Gasteiger partial charge < -0.3 is 20.4 Å². The first kappa shape index (κ1) is 23.6. The lowest BCUT2D eigenvalue weighted by Gasteiger charge is -2.32. The number of anilines is 1. The van der Waals surface area contributed by atoms with Crippen LogP contribution in [0.4, 0.5) is 18.9 Å². The van der Waals surface area contributed by atoms with E-state index in [1.165, 1.54) is 12.1 Å². The lowest BCUT2D eigenvalue weighted by atomic mass is 9.92. The molecule has 0 radical (unpaired) electrons. The first-order chi connectivity index (χ1) is 15.3. The molecule has 0 aliphatic carbocycles. The molecule has 0 saturated carbocycles. The quantitative estimate of drug-likeness (QED) is 0.467. The lowest BCUT2D eigenvalue weighted by molar-refractivity contribution is -0.118. The molecule has 1 aliphatic rings. The zero-order valence-corrected chi connectivity index (χ0v) is 17.3. The highest BCUT2D eigenvalue weighted by atomic mass is 19.4. The van der Waals surface area contributed by atoms with Crippen molar-refractivity contribution in [2.45, 2.75) is 31.5 Å². The maximum Gasteiger partial charge on any atom is 0.418 e. The predicted octanol–water partition coefficient (Wildman–Crippen LogP) is 3.14. The van der Waals surface area contributed by atoms with E-state index in [2.05, 4.69) is 5.32 Å². The van der Waals surface area contributed by atoms with Crippen LogP contribution in [0.2, 0.25) is 0 Å². The number of nitrogens with zero attached hydrogens (tertiary/aromatic N) is 2. The van der Waals surface area contributed by atoms with Crippen molar-refractivity contribution in [3.8, 4) is 6.07 Å². The Labute approximate surface area is 183 Å². The maximum atomic E-state index is 14.3. The number of amides is 1. The molecule has 1 fully saturated rings. The number of carbonyl (C=O) groups excluding carboxylic acids is 1. The summed E-state index contributed by atoms with van der Waals surface area (Å²) < 4.78 is 43.0. The van der Waals surface area contributed by atoms with Crippen LogP contribution in [0, 0.1) is 11.3 Å². The standard InChI is InChI=1S/C23H24F3N3O3/c24-23(25,26)20(19(12-27)22(32)28-13-16(31)14-30)18-9-8-15-6-2-3-7-17(15)21(18)29-10-4-1-5-11-29/h2-3,6-9,16,30-31H,1,4-5,10-11,13-14H2,(H,28,32)/b20-19-.